The normalized spacial score (nSPS) is 14.3. The Bertz CT molecular complexity index is 868. The van der Waals surface area contributed by atoms with Gasteiger partial charge >= 0.3 is 0 Å². The number of methoxy groups -OCH3 is 2. The third-order valence-corrected chi connectivity index (χ3v) is 3.90. The minimum absolute atomic E-state index is 0.268. The number of ether oxygens (including phenoxy) is 2. The van der Waals surface area contributed by atoms with E-state index in [1.807, 2.05) is 25.1 Å². The molecule has 1 aliphatic rings. The third-order valence-electron chi connectivity index (χ3n) is 3.90. The van der Waals surface area contributed by atoms with Gasteiger partial charge in [-0.2, -0.15) is 0 Å². The number of fused-ring (bicyclic) bond motifs is 1. The van der Waals surface area contributed by atoms with Gasteiger partial charge in [0.1, 0.15) is 0 Å². The van der Waals surface area contributed by atoms with Crippen molar-refractivity contribution in [1.29, 1.82) is 0 Å². The van der Waals surface area contributed by atoms with Crippen LogP contribution in [0.15, 0.2) is 42.5 Å². The van der Waals surface area contributed by atoms with E-state index in [-0.39, 0.29) is 11.7 Å². The van der Waals surface area contributed by atoms with E-state index in [4.69, 9.17) is 9.47 Å². The number of anilines is 1. The highest BCUT2D eigenvalue weighted by atomic mass is 16.5. The quantitative estimate of drug-likeness (QED) is 0.693. The van der Waals surface area contributed by atoms with Crippen LogP contribution < -0.4 is 14.8 Å². The van der Waals surface area contributed by atoms with Crippen LogP contribution in [0.25, 0.3) is 5.57 Å². The molecule has 0 radical (unpaired) electrons. The average Bonchev–Trinajstić information content (AvgIpc) is 2.89. The van der Waals surface area contributed by atoms with Gasteiger partial charge in [-0.25, -0.2) is 0 Å². The number of carbonyl (C=O) groups excluding carboxylic acids is 2. The molecule has 122 valence electrons. The lowest BCUT2D eigenvalue weighted by atomic mass is 10.0. The summed E-state index contributed by atoms with van der Waals surface area (Å²) < 4.78 is 10.4. The van der Waals surface area contributed by atoms with Crippen LogP contribution in [0.4, 0.5) is 5.69 Å². The first-order chi connectivity index (χ1) is 11.5. The van der Waals surface area contributed by atoms with Crippen LogP contribution in [-0.4, -0.2) is 25.9 Å². The lowest BCUT2D eigenvalue weighted by molar-refractivity contribution is -0.110. The monoisotopic (exact) mass is 323 g/mol. The van der Waals surface area contributed by atoms with Gasteiger partial charge < -0.3 is 14.8 Å². The number of hydrogen-bond donors (Lipinski definition) is 1. The Kier molecular flexibility index (Phi) is 4.08. The summed E-state index contributed by atoms with van der Waals surface area (Å²) >= 11 is 0. The molecule has 1 amide bonds. The van der Waals surface area contributed by atoms with Gasteiger partial charge in [0.2, 0.25) is 0 Å². The van der Waals surface area contributed by atoms with Crippen LogP contribution >= 0.6 is 0 Å². The Morgan fingerprint density at radius 1 is 1.04 bits per heavy atom. The maximum absolute atomic E-state index is 12.6. The fourth-order valence-electron chi connectivity index (χ4n) is 2.65. The molecule has 0 saturated heterocycles. The van der Waals surface area contributed by atoms with Crippen molar-refractivity contribution in [3.8, 4) is 11.5 Å². The second-order valence-electron chi connectivity index (χ2n) is 5.50. The van der Waals surface area contributed by atoms with Crippen LogP contribution in [0.1, 0.15) is 21.5 Å². The molecule has 0 fully saturated rings. The predicted octanol–water partition coefficient (Wildman–Crippen LogP) is 3.23. The second kappa shape index (κ2) is 6.20. The third kappa shape index (κ3) is 2.76. The summed E-state index contributed by atoms with van der Waals surface area (Å²) in [5, 5.41) is 2.77. The molecule has 0 atom stereocenters. The minimum Gasteiger partial charge on any atom is -0.493 e. The number of allylic oxidation sites excluding steroid dienone is 1. The molecular weight excluding hydrogens is 306 g/mol. The summed E-state index contributed by atoms with van der Waals surface area (Å²) in [4.78, 5) is 24.7. The summed E-state index contributed by atoms with van der Waals surface area (Å²) in [7, 11) is 3.04. The van der Waals surface area contributed by atoms with Crippen molar-refractivity contribution < 1.29 is 19.1 Å². The number of nitrogens with one attached hydrogen (secondary N) is 1. The van der Waals surface area contributed by atoms with Gasteiger partial charge in [0.15, 0.2) is 17.3 Å². The average molecular weight is 323 g/mol. The molecule has 2 aromatic carbocycles. The van der Waals surface area contributed by atoms with Crippen LogP contribution in [-0.2, 0) is 4.79 Å². The SMILES string of the molecule is COc1ccc(C(=O)/C=C2\C(=O)Nc3ccc(C)cc32)cc1OC. The smallest absolute Gasteiger partial charge is 0.256 e. The van der Waals surface area contributed by atoms with Gasteiger partial charge in [-0.3, -0.25) is 9.59 Å². The second-order valence-corrected chi connectivity index (χ2v) is 5.50. The highest BCUT2D eigenvalue weighted by molar-refractivity contribution is 6.35. The number of carbonyl (C=O) groups is 2. The van der Waals surface area contributed by atoms with Gasteiger partial charge in [-0.05, 0) is 43.3 Å². The Balaban J connectivity index is 1.99. The van der Waals surface area contributed by atoms with Crippen molar-refractivity contribution in [3.05, 3.63) is 59.2 Å². The molecule has 5 nitrogen and oxygen atoms in total. The lowest BCUT2D eigenvalue weighted by Crippen LogP contribution is -2.06. The van der Waals surface area contributed by atoms with Crippen LogP contribution in [0.5, 0.6) is 11.5 Å². The summed E-state index contributed by atoms with van der Waals surface area (Å²) in [6.45, 7) is 1.94. The topological polar surface area (TPSA) is 64.6 Å². The van der Waals surface area contributed by atoms with E-state index < -0.39 is 0 Å². The van der Waals surface area contributed by atoms with Crippen molar-refractivity contribution in [2.75, 3.05) is 19.5 Å². The van der Waals surface area contributed by atoms with Crippen molar-refractivity contribution in [2.24, 2.45) is 0 Å². The maximum Gasteiger partial charge on any atom is 0.256 e. The van der Waals surface area contributed by atoms with Crippen LogP contribution in [0.3, 0.4) is 0 Å². The zero-order valence-electron chi connectivity index (χ0n) is 13.7. The van der Waals surface area contributed by atoms with E-state index in [1.54, 1.807) is 18.2 Å². The molecule has 1 heterocycles. The molecule has 0 bridgehead atoms. The zero-order chi connectivity index (χ0) is 17.3. The van der Waals surface area contributed by atoms with Crippen molar-refractivity contribution >= 4 is 23.0 Å². The highest BCUT2D eigenvalue weighted by Crippen LogP contribution is 2.33. The summed E-state index contributed by atoms with van der Waals surface area (Å²) in [5.41, 5.74) is 3.28. The molecule has 0 unspecified atom stereocenters. The fraction of sp³-hybridized carbons (Fsp3) is 0.158. The van der Waals surface area contributed by atoms with E-state index in [0.29, 0.717) is 22.6 Å². The molecular formula is C19H17NO4. The summed E-state index contributed by atoms with van der Waals surface area (Å²) in [5.74, 6) is 0.468. The van der Waals surface area contributed by atoms with Gasteiger partial charge in [0.05, 0.1) is 19.8 Å². The molecule has 0 aliphatic carbocycles. The first-order valence-corrected chi connectivity index (χ1v) is 7.44. The number of hydrogen-bond acceptors (Lipinski definition) is 4. The minimum atomic E-state index is -0.274. The zero-order valence-corrected chi connectivity index (χ0v) is 13.7. The van der Waals surface area contributed by atoms with Crippen LogP contribution in [0, 0.1) is 6.92 Å². The number of benzene rings is 2. The molecule has 0 aromatic heterocycles. The molecule has 24 heavy (non-hydrogen) atoms. The van der Waals surface area contributed by atoms with E-state index in [9.17, 15) is 9.59 Å². The largest absolute Gasteiger partial charge is 0.493 e. The van der Waals surface area contributed by atoms with Gasteiger partial charge in [0.25, 0.3) is 5.91 Å². The summed E-state index contributed by atoms with van der Waals surface area (Å²) in [6, 6.07) is 10.5. The predicted molar refractivity (Wildman–Crippen MR) is 91.7 cm³/mol. The standard InChI is InChI=1S/C19H17NO4/c1-11-4-6-15-13(8-11)14(19(22)20-15)10-16(21)12-5-7-17(23-2)18(9-12)24-3/h4-10H,1-3H3,(H,20,22)/b14-10-. The molecule has 1 aliphatic heterocycles. The summed E-state index contributed by atoms with van der Waals surface area (Å²) in [6.07, 6.45) is 1.36. The van der Waals surface area contributed by atoms with E-state index in [0.717, 1.165) is 16.8 Å². The van der Waals surface area contributed by atoms with Gasteiger partial charge in [-0.1, -0.05) is 11.6 Å². The Morgan fingerprint density at radius 2 is 1.79 bits per heavy atom. The number of amides is 1. The highest BCUT2D eigenvalue weighted by Gasteiger charge is 2.25. The van der Waals surface area contributed by atoms with Gasteiger partial charge in [0, 0.05) is 16.8 Å². The van der Waals surface area contributed by atoms with E-state index in [1.165, 1.54) is 20.3 Å². The van der Waals surface area contributed by atoms with E-state index >= 15 is 0 Å². The Hall–Kier alpha value is -3.08. The Morgan fingerprint density at radius 3 is 2.50 bits per heavy atom. The molecule has 3 rings (SSSR count). The van der Waals surface area contributed by atoms with Crippen molar-refractivity contribution in [2.45, 2.75) is 6.92 Å². The Labute approximate surface area is 139 Å². The molecule has 1 N–H and O–H groups in total. The molecule has 0 spiro atoms. The van der Waals surface area contributed by atoms with Crippen molar-refractivity contribution in [3.63, 3.8) is 0 Å². The van der Waals surface area contributed by atoms with Crippen molar-refractivity contribution in [1.82, 2.24) is 0 Å². The maximum atomic E-state index is 12.6. The first kappa shape index (κ1) is 15.8. The molecule has 0 saturated carbocycles. The van der Waals surface area contributed by atoms with Crippen LogP contribution in [0.2, 0.25) is 0 Å². The lowest BCUT2D eigenvalue weighted by Gasteiger charge is -2.08. The number of ketones is 1. The molecule has 5 heteroatoms. The number of aryl methyl sites for hydroxylation is 1. The molecule has 2 aromatic rings. The fourth-order valence-corrected chi connectivity index (χ4v) is 2.65. The van der Waals surface area contributed by atoms with Gasteiger partial charge in [-0.15, -0.1) is 0 Å². The number of rotatable bonds is 4. The van der Waals surface area contributed by atoms with E-state index in [2.05, 4.69) is 5.32 Å². The first-order valence-electron chi connectivity index (χ1n) is 7.44.